The second kappa shape index (κ2) is 7.67. The minimum absolute atomic E-state index is 0.118. The Balaban J connectivity index is 2.23. The highest BCUT2D eigenvalue weighted by molar-refractivity contribution is 5.71. The zero-order valence-corrected chi connectivity index (χ0v) is 11.4. The number of hydrogen-bond donors (Lipinski definition) is 0. The molecule has 0 aliphatic carbocycles. The van der Waals surface area contributed by atoms with Gasteiger partial charge in [-0.1, -0.05) is 13.8 Å². The maximum absolute atomic E-state index is 11.2. The lowest BCUT2D eigenvalue weighted by Crippen LogP contribution is -2.41. The minimum atomic E-state index is -0.118. The Morgan fingerprint density at radius 3 is 2.35 bits per heavy atom. The number of rotatable bonds is 6. The zero-order valence-electron chi connectivity index (χ0n) is 11.4. The lowest BCUT2D eigenvalue weighted by molar-refractivity contribution is -0.142. The third-order valence-corrected chi connectivity index (χ3v) is 3.70. The predicted octanol–water partition coefficient (Wildman–Crippen LogP) is 1.21. The lowest BCUT2D eigenvalue weighted by Gasteiger charge is -2.33. The molecule has 0 bridgehead atoms. The number of methoxy groups -OCH3 is 1. The van der Waals surface area contributed by atoms with E-state index >= 15 is 0 Å². The molecule has 0 unspecified atom stereocenters. The molecule has 1 aliphatic heterocycles. The Hall–Kier alpha value is -0.610. The van der Waals surface area contributed by atoms with Crippen molar-refractivity contribution in [2.24, 2.45) is 5.92 Å². The third-order valence-electron chi connectivity index (χ3n) is 3.70. The van der Waals surface area contributed by atoms with Gasteiger partial charge in [0.05, 0.1) is 13.7 Å². The van der Waals surface area contributed by atoms with Crippen LogP contribution in [0.25, 0.3) is 0 Å². The smallest absolute Gasteiger partial charge is 0.319 e. The first-order chi connectivity index (χ1) is 8.19. The fourth-order valence-electron chi connectivity index (χ4n) is 2.42. The maximum Gasteiger partial charge on any atom is 0.319 e. The van der Waals surface area contributed by atoms with Crippen LogP contribution in [0.1, 0.15) is 26.7 Å². The van der Waals surface area contributed by atoms with E-state index in [0.717, 1.165) is 32.1 Å². The van der Waals surface area contributed by atoms with Crippen LogP contribution in [0.3, 0.4) is 0 Å². The minimum Gasteiger partial charge on any atom is -0.468 e. The van der Waals surface area contributed by atoms with Gasteiger partial charge in [-0.3, -0.25) is 9.69 Å². The average Bonchev–Trinajstić information content (AvgIpc) is 2.37. The molecule has 0 amide bonds. The highest BCUT2D eigenvalue weighted by Gasteiger charge is 2.21. The molecule has 0 aromatic rings. The molecule has 0 spiro atoms. The van der Waals surface area contributed by atoms with Crippen LogP contribution in [-0.2, 0) is 9.53 Å². The van der Waals surface area contributed by atoms with E-state index in [4.69, 9.17) is 4.74 Å². The van der Waals surface area contributed by atoms with Crippen LogP contribution in [-0.4, -0.2) is 62.1 Å². The van der Waals surface area contributed by atoms with Crippen molar-refractivity contribution in [2.45, 2.75) is 26.7 Å². The molecule has 0 atom stereocenters. The van der Waals surface area contributed by atoms with Gasteiger partial charge in [-0.2, -0.15) is 0 Å². The van der Waals surface area contributed by atoms with Gasteiger partial charge in [-0.25, -0.2) is 0 Å². The van der Waals surface area contributed by atoms with Crippen molar-refractivity contribution in [1.82, 2.24) is 9.80 Å². The molecular formula is C13H26N2O2. The molecule has 0 radical (unpaired) electrons. The van der Waals surface area contributed by atoms with Crippen molar-refractivity contribution in [1.29, 1.82) is 0 Å². The van der Waals surface area contributed by atoms with Crippen molar-refractivity contribution in [3.63, 3.8) is 0 Å². The molecule has 1 fully saturated rings. The zero-order chi connectivity index (χ0) is 12.7. The fourth-order valence-corrected chi connectivity index (χ4v) is 2.42. The molecule has 17 heavy (non-hydrogen) atoms. The van der Waals surface area contributed by atoms with E-state index in [-0.39, 0.29) is 5.97 Å². The first-order valence-corrected chi connectivity index (χ1v) is 6.71. The lowest BCUT2D eigenvalue weighted by atomic mass is 9.96. The number of nitrogens with zero attached hydrogens (tertiary/aromatic N) is 2. The van der Waals surface area contributed by atoms with Gasteiger partial charge >= 0.3 is 5.97 Å². The van der Waals surface area contributed by atoms with Gasteiger partial charge < -0.3 is 9.64 Å². The topological polar surface area (TPSA) is 32.8 Å². The summed E-state index contributed by atoms with van der Waals surface area (Å²) in [4.78, 5) is 15.8. The Morgan fingerprint density at radius 2 is 1.88 bits per heavy atom. The number of piperidine rings is 1. The highest BCUT2D eigenvalue weighted by Crippen LogP contribution is 2.18. The predicted molar refractivity (Wildman–Crippen MR) is 69.0 cm³/mol. The Kier molecular flexibility index (Phi) is 6.52. The van der Waals surface area contributed by atoms with Crippen LogP contribution in [0, 0.1) is 5.92 Å². The second-order valence-electron chi connectivity index (χ2n) is 4.78. The summed E-state index contributed by atoms with van der Waals surface area (Å²) in [5, 5.41) is 0. The van der Waals surface area contributed by atoms with E-state index in [0.29, 0.717) is 6.54 Å². The van der Waals surface area contributed by atoms with Crippen LogP contribution in [0.15, 0.2) is 0 Å². The largest absolute Gasteiger partial charge is 0.468 e. The number of hydrogen-bond acceptors (Lipinski definition) is 4. The molecule has 1 aliphatic rings. The number of carbonyl (C=O) groups excluding carboxylic acids is 1. The number of esters is 1. The van der Waals surface area contributed by atoms with E-state index < -0.39 is 0 Å². The number of likely N-dealkylation sites (tertiary alicyclic amines) is 1. The number of carbonyl (C=O) groups is 1. The molecular weight excluding hydrogens is 216 g/mol. The molecule has 0 aromatic carbocycles. The summed E-state index contributed by atoms with van der Waals surface area (Å²) in [6, 6.07) is 0. The van der Waals surface area contributed by atoms with Crippen LogP contribution < -0.4 is 0 Å². The molecule has 1 saturated heterocycles. The van der Waals surface area contributed by atoms with Crippen molar-refractivity contribution in [2.75, 3.05) is 46.4 Å². The Bertz CT molecular complexity index is 221. The van der Waals surface area contributed by atoms with Crippen LogP contribution in [0.4, 0.5) is 0 Å². The SMILES string of the molecule is CCN(CC)CC1CCN(CC(=O)OC)CC1. The Labute approximate surface area is 105 Å². The van der Waals surface area contributed by atoms with Crippen molar-refractivity contribution in [3.8, 4) is 0 Å². The normalized spacial score (nSPS) is 18.6. The summed E-state index contributed by atoms with van der Waals surface area (Å²) in [7, 11) is 1.45. The first kappa shape index (κ1) is 14.5. The van der Waals surface area contributed by atoms with Gasteiger partial charge in [0.1, 0.15) is 0 Å². The van der Waals surface area contributed by atoms with E-state index in [1.54, 1.807) is 0 Å². The van der Waals surface area contributed by atoms with Crippen LogP contribution in [0.5, 0.6) is 0 Å². The van der Waals surface area contributed by atoms with E-state index in [1.165, 1.54) is 26.5 Å². The summed E-state index contributed by atoms with van der Waals surface area (Å²) < 4.78 is 4.69. The van der Waals surface area contributed by atoms with Crippen LogP contribution >= 0.6 is 0 Å². The maximum atomic E-state index is 11.2. The molecule has 1 heterocycles. The van der Waals surface area contributed by atoms with Gasteiger partial charge in [0.15, 0.2) is 0 Å². The van der Waals surface area contributed by atoms with E-state index in [9.17, 15) is 4.79 Å². The summed E-state index contributed by atoms with van der Waals surface area (Å²) in [6.45, 7) is 10.4. The third kappa shape index (κ3) is 5.04. The van der Waals surface area contributed by atoms with Gasteiger partial charge in [-0.05, 0) is 44.9 Å². The molecule has 0 N–H and O–H groups in total. The summed E-state index contributed by atoms with van der Waals surface area (Å²) in [5.41, 5.74) is 0. The van der Waals surface area contributed by atoms with Crippen molar-refractivity contribution >= 4 is 5.97 Å². The molecule has 1 rings (SSSR count). The van der Waals surface area contributed by atoms with E-state index in [1.807, 2.05) is 0 Å². The summed E-state index contributed by atoms with van der Waals surface area (Å²) >= 11 is 0. The van der Waals surface area contributed by atoms with Gasteiger partial charge in [0.25, 0.3) is 0 Å². The van der Waals surface area contributed by atoms with Crippen molar-refractivity contribution in [3.05, 3.63) is 0 Å². The molecule has 100 valence electrons. The Morgan fingerprint density at radius 1 is 1.29 bits per heavy atom. The quantitative estimate of drug-likeness (QED) is 0.656. The first-order valence-electron chi connectivity index (χ1n) is 6.71. The fraction of sp³-hybridized carbons (Fsp3) is 0.923. The van der Waals surface area contributed by atoms with Gasteiger partial charge in [-0.15, -0.1) is 0 Å². The average molecular weight is 242 g/mol. The molecule has 0 saturated carbocycles. The monoisotopic (exact) mass is 242 g/mol. The standard InChI is InChI=1S/C13H26N2O2/c1-4-14(5-2)10-12-6-8-15(9-7-12)11-13(16)17-3/h12H,4-11H2,1-3H3. The van der Waals surface area contributed by atoms with Gasteiger partial charge in [0.2, 0.25) is 0 Å². The molecule has 4 heteroatoms. The summed E-state index contributed by atoms with van der Waals surface area (Å²) in [5.74, 6) is 0.677. The van der Waals surface area contributed by atoms with Gasteiger partial charge in [0, 0.05) is 6.54 Å². The summed E-state index contributed by atoms with van der Waals surface area (Å²) in [6.07, 6.45) is 2.40. The van der Waals surface area contributed by atoms with Crippen molar-refractivity contribution < 1.29 is 9.53 Å². The second-order valence-corrected chi connectivity index (χ2v) is 4.78. The van der Waals surface area contributed by atoms with Crippen LogP contribution in [0.2, 0.25) is 0 Å². The number of ether oxygens (including phenoxy) is 1. The molecule has 0 aromatic heterocycles. The highest BCUT2D eigenvalue weighted by atomic mass is 16.5. The van der Waals surface area contributed by atoms with E-state index in [2.05, 4.69) is 23.6 Å². The molecule has 4 nitrogen and oxygen atoms in total.